The van der Waals surface area contributed by atoms with Gasteiger partial charge >= 0.3 is 6.09 Å². The molecular formula is C47H55ClN6O6. The summed E-state index contributed by atoms with van der Waals surface area (Å²) in [6.45, 7) is 15.8. The van der Waals surface area contributed by atoms with Crippen LogP contribution in [0, 0.1) is 13.8 Å². The fourth-order valence-electron chi connectivity index (χ4n) is 7.92. The molecular weight excluding hydrogens is 780 g/mol. The molecule has 0 bridgehead atoms. The number of nitrogens with zero attached hydrogens (tertiary/aromatic N) is 3. The summed E-state index contributed by atoms with van der Waals surface area (Å²) >= 11 is 0. The molecule has 8 rings (SSSR count). The Kier molecular flexibility index (Phi) is 13.5. The summed E-state index contributed by atoms with van der Waals surface area (Å²) in [6, 6.07) is 28.4. The van der Waals surface area contributed by atoms with Gasteiger partial charge in [-0.05, 0) is 81.1 Å². The number of nitrogens with one attached hydrogen (secondary N) is 1. The number of rotatable bonds is 8. The number of hydrogen-bond donors (Lipinski definition) is 3. The molecule has 13 heteroatoms. The van der Waals surface area contributed by atoms with Crippen molar-refractivity contribution in [2.24, 2.45) is 11.5 Å². The molecule has 0 aliphatic carbocycles. The van der Waals surface area contributed by atoms with Crippen LogP contribution >= 0.6 is 12.4 Å². The molecule has 0 spiro atoms. The van der Waals surface area contributed by atoms with Gasteiger partial charge in [0.15, 0.2) is 22.7 Å². The lowest BCUT2D eigenvalue weighted by Gasteiger charge is -2.36. The molecule has 12 nitrogen and oxygen atoms in total. The van der Waals surface area contributed by atoms with E-state index in [-0.39, 0.29) is 30.0 Å². The zero-order valence-corrected chi connectivity index (χ0v) is 35.8. The first-order chi connectivity index (χ1) is 28.3. The molecule has 316 valence electrons. The zero-order chi connectivity index (χ0) is 41.8. The van der Waals surface area contributed by atoms with E-state index in [1.807, 2.05) is 82.3 Å². The lowest BCUT2D eigenvalue weighted by molar-refractivity contribution is 0.0240. The van der Waals surface area contributed by atoms with Crippen molar-refractivity contribution >= 4 is 63.6 Å². The van der Waals surface area contributed by atoms with Crippen molar-refractivity contribution in [1.29, 1.82) is 0 Å². The molecule has 5 N–H and O–H groups in total. The summed E-state index contributed by atoms with van der Waals surface area (Å²) in [5.74, 6) is -0.620. The molecule has 2 fully saturated rings. The Morgan fingerprint density at radius 2 is 1.07 bits per heavy atom. The summed E-state index contributed by atoms with van der Waals surface area (Å²) in [4.78, 5) is 43.0. The monoisotopic (exact) mass is 834 g/mol. The third-order valence-electron chi connectivity index (χ3n) is 10.7. The van der Waals surface area contributed by atoms with E-state index >= 15 is 0 Å². The van der Waals surface area contributed by atoms with Crippen molar-refractivity contribution in [2.75, 3.05) is 62.2 Å². The number of primary amides is 2. The number of piperazine rings is 2. The molecule has 0 radical (unpaired) electrons. The molecule has 0 atom stereocenters. The Morgan fingerprint density at radius 3 is 1.47 bits per heavy atom. The van der Waals surface area contributed by atoms with Crippen LogP contribution in [0.4, 0.5) is 16.2 Å². The zero-order valence-electron chi connectivity index (χ0n) is 35.0. The predicted octanol–water partition coefficient (Wildman–Crippen LogP) is 7.75. The number of carbonyl (C=O) groups is 3. The van der Waals surface area contributed by atoms with Gasteiger partial charge in [-0.1, -0.05) is 60.7 Å². The summed E-state index contributed by atoms with van der Waals surface area (Å²) in [5, 5.41) is 5.25. The lowest BCUT2D eigenvalue weighted by atomic mass is 9.99. The molecule has 2 aliphatic rings. The standard InChI is InChI=1S/C26H31N3O4.C21H23N3O2.ClH/c1-17-14-19-20(16-18-8-6-5-7-9-18)23(24(27)30)32-22(19)21(15-17)28-10-12-29(13-11-28)25(31)33-26(2,3)4;1-14-11-16-17(13-15-5-3-2-4-6-15)20(21(22)25)26-19(16)18(12-14)24-9-7-23-8-10-24;/h5-9,14-15H,10-13,16H2,1-4H3,(H2,27,30);2-6,11-12,23H,7-10,13H2,1H3,(H2,22,25);1H. The van der Waals surface area contributed by atoms with E-state index in [0.717, 1.165) is 87.3 Å². The first-order valence-corrected chi connectivity index (χ1v) is 20.2. The van der Waals surface area contributed by atoms with Crippen molar-refractivity contribution in [2.45, 2.75) is 53.1 Å². The van der Waals surface area contributed by atoms with Crippen molar-refractivity contribution in [3.63, 3.8) is 0 Å². The third-order valence-corrected chi connectivity index (χ3v) is 10.7. The minimum absolute atomic E-state index is 0. The minimum Gasteiger partial charge on any atom is -0.448 e. The average Bonchev–Trinajstić information content (AvgIpc) is 3.76. The van der Waals surface area contributed by atoms with Gasteiger partial charge in [-0.15, -0.1) is 12.4 Å². The second kappa shape index (κ2) is 18.5. The summed E-state index contributed by atoms with van der Waals surface area (Å²) in [6.07, 6.45) is 0.883. The highest BCUT2D eigenvalue weighted by Gasteiger charge is 2.29. The highest BCUT2D eigenvalue weighted by molar-refractivity contribution is 6.03. The molecule has 2 aliphatic heterocycles. The number of fused-ring (bicyclic) bond motifs is 2. The number of aryl methyl sites for hydroxylation is 2. The third kappa shape index (κ3) is 9.89. The van der Waals surface area contributed by atoms with Crippen molar-refractivity contribution in [3.05, 3.63) is 130 Å². The number of hydrogen-bond acceptors (Lipinski definition) is 9. The number of halogens is 1. The van der Waals surface area contributed by atoms with Gasteiger partial charge in [0, 0.05) is 87.1 Å². The molecule has 2 aromatic heterocycles. The van der Waals surface area contributed by atoms with E-state index in [2.05, 4.69) is 52.4 Å². The topological polar surface area (TPSA) is 161 Å². The van der Waals surface area contributed by atoms with Crippen LogP contribution in [-0.2, 0) is 17.6 Å². The molecule has 0 unspecified atom stereocenters. The Morgan fingerprint density at radius 1 is 0.650 bits per heavy atom. The highest BCUT2D eigenvalue weighted by atomic mass is 35.5. The van der Waals surface area contributed by atoms with Crippen LogP contribution in [0.2, 0.25) is 0 Å². The Labute approximate surface area is 357 Å². The van der Waals surface area contributed by atoms with Crippen molar-refractivity contribution < 1.29 is 28.0 Å². The fraction of sp³-hybridized carbons (Fsp3) is 0.340. The highest BCUT2D eigenvalue weighted by Crippen LogP contribution is 2.38. The van der Waals surface area contributed by atoms with Crippen LogP contribution in [0.1, 0.15) is 75.3 Å². The van der Waals surface area contributed by atoms with E-state index in [4.69, 9.17) is 25.0 Å². The number of benzene rings is 4. The van der Waals surface area contributed by atoms with Gasteiger partial charge in [0.25, 0.3) is 11.8 Å². The van der Waals surface area contributed by atoms with Gasteiger partial charge in [0.2, 0.25) is 0 Å². The number of anilines is 2. The van der Waals surface area contributed by atoms with Crippen LogP contribution in [0.15, 0.2) is 93.8 Å². The van der Waals surface area contributed by atoms with E-state index in [9.17, 15) is 14.4 Å². The second-order valence-electron chi connectivity index (χ2n) is 16.4. The fourth-order valence-corrected chi connectivity index (χ4v) is 7.92. The molecule has 4 aromatic carbocycles. The van der Waals surface area contributed by atoms with Gasteiger partial charge in [-0.3, -0.25) is 9.59 Å². The SMILES string of the molecule is Cc1cc(N2CCN(C(=O)OC(C)(C)C)CC2)c2oc(C(N)=O)c(Cc3ccccc3)c2c1.Cc1cc(N2CCNCC2)c2oc(C(N)=O)c(Cc3ccccc3)c2c1.Cl. The van der Waals surface area contributed by atoms with E-state index in [0.29, 0.717) is 44.6 Å². The van der Waals surface area contributed by atoms with E-state index in [1.54, 1.807) is 4.90 Å². The maximum atomic E-state index is 12.4. The Hall–Kier alpha value is -5.98. The van der Waals surface area contributed by atoms with E-state index < -0.39 is 17.4 Å². The average molecular weight is 835 g/mol. The minimum atomic E-state index is -0.574. The molecule has 3 amide bonds. The smallest absolute Gasteiger partial charge is 0.410 e. The van der Waals surface area contributed by atoms with Gasteiger partial charge in [0.05, 0.1) is 11.4 Å². The number of nitrogens with two attached hydrogens (primary N) is 2. The van der Waals surface area contributed by atoms with Crippen LogP contribution in [0.3, 0.4) is 0 Å². The largest absolute Gasteiger partial charge is 0.448 e. The number of furan rings is 2. The molecule has 6 aromatic rings. The molecule has 2 saturated heterocycles. The first-order valence-electron chi connectivity index (χ1n) is 20.2. The molecule has 4 heterocycles. The normalized spacial score (nSPS) is 14.4. The summed E-state index contributed by atoms with van der Waals surface area (Å²) < 4.78 is 17.6. The second-order valence-corrected chi connectivity index (χ2v) is 16.4. The van der Waals surface area contributed by atoms with E-state index in [1.165, 1.54) is 0 Å². The van der Waals surface area contributed by atoms with Crippen LogP contribution in [0.5, 0.6) is 0 Å². The summed E-state index contributed by atoms with van der Waals surface area (Å²) in [5.41, 5.74) is 20.3. The van der Waals surface area contributed by atoms with Crippen molar-refractivity contribution in [1.82, 2.24) is 10.2 Å². The number of ether oxygens (including phenoxy) is 1. The van der Waals surface area contributed by atoms with Gasteiger partial charge in [-0.25, -0.2) is 4.79 Å². The quantitative estimate of drug-likeness (QED) is 0.139. The van der Waals surface area contributed by atoms with Crippen LogP contribution < -0.4 is 26.6 Å². The van der Waals surface area contributed by atoms with Gasteiger partial charge in [0.1, 0.15) is 5.60 Å². The van der Waals surface area contributed by atoms with Crippen molar-refractivity contribution in [3.8, 4) is 0 Å². The molecule has 60 heavy (non-hydrogen) atoms. The number of carbonyl (C=O) groups excluding carboxylic acids is 3. The van der Waals surface area contributed by atoms with Crippen LogP contribution in [0.25, 0.3) is 21.9 Å². The Bertz CT molecular complexity index is 2460. The maximum Gasteiger partial charge on any atom is 0.410 e. The van der Waals surface area contributed by atoms with Gasteiger partial charge < -0.3 is 45.1 Å². The summed E-state index contributed by atoms with van der Waals surface area (Å²) in [7, 11) is 0. The van der Waals surface area contributed by atoms with Gasteiger partial charge in [-0.2, -0.15) is 0 Å². The predicted molar refractivity (Wildman–Crippen MR) is 240 cm³/mol. The maximum absolute atomic E-state index is 12.4. The lowest BCUT2D eigenvalue weighted by Crippen LogP contribution is -2.50. The first kappa shape index (κ1) is 43.6. The van der Waals surface area contributed by atoms with Crippen LogP contribution in [-0.4, -0.2) is 80.8 Å². The molecule has 0 saturated carbocycles. The number of amides is 3. The Balaban J connectivity index is 0.000000203.